The van der Waals surface area contributed by atoms with Gasteiger partial charge in [0.2, 0.25) is 0 Å². The van der Waals surface area contributed by atoms with Crippen molar-refractivity contribution < 1.29 is 0 Å². The Balaban J connectivity index is 1.91. The van der Waals surface area contributed by atoms with Gasteiger partial charge in [0, 0.05) is 17.1 Å². The maximum Gasteiger partial charge on any atom is 0.136 e. The third-order valence-corrected chi connectivity index (χ3v) is 3.76. The van der Waals surface area contributed by atoms with Gasteiger partial charge in [-0.2, -0.15) is 0 Å². The predicted octanol–water partition coefficient (Wildman–Crippen LogP) is 4.50. The van der Waals surface area contributed by atoms with Crippen LogP contribution in [0.4, 0.5) is 0 Å². The van der Waals surface area contributed by atoms with Gasteiger partial charge in [0.05, 0.1) is 22.9 Å². The lowest BCUT2D eigenvalue weighted by Gasteiger charge is -2.05. The zero-order chi connectivity index (χ0) is 14.2. The van der Waals surface area contributed by atoms with E-state index in [1.165, 1.54) is 0 Å². The smallest absolute Gasteiger partial charge is 0.136 e. The standard InChI is InChI=1S/C17H10ClN3/c18-17-13-6-5-12(9-11(13)7-8-19-17)16-10-20-14-3-1-2-4-15(14)21-16/h1-10H. The van der Waals surface area contributed by atoms with Crippen LogP contribution in [-0.2, 0) is 0 Å². The van der Waals surface area contributed by atoms with Gasteiger partial charge < -0.3 is 0 Å². The highest BCUT2D eigenvalue weighted by atomic mass is 35.5. The Labute approximate surface area is 126 Å². The van der Waals surface area contributed by atoms with Crippen molar-refractivity contribution in [3.05, 3.63) is 66.1 Å². The fraction of sp³-hybridized carbons (Fsp3) is 0. The Morgan fingerprint density at radius 2 is 1.71 bits per heavy atom. The maximum absolute atomic E-state index is 6.09. The number of hydrogen-bond donors (Lipinski definition) is 0. The number of rotatable bonds is 1. The molecule has 0 amide bonds. The zero-order valence-corrected chi connectivity index (χ0v) is 11.7. The van der Waals surface area contributed by atoms with Crippen LogP contribution in [0.15, 0.2) is 60.9 Å². The minimum Gasteiger partial charge on any atom is -0.252 e. The Morgan fingerprint density at radius 1 is 0.857 bits per heavy atom. The summed E-state index contributed by atoms with van der Waals surface area (Å²) in [5, 5.41) is 2.50. The van der Waals surface area contributed by atoms with E-state index < -0.39 is 0 Å². The number of aromatic nitrogens is 3. The first-order valence-corrected chi connectivity index (χ1v) is 6.95. The van der Waals surface area contributed by atoms with Crippen LogP contribution in [0.5, 0.6) is 0 Å². The first-order valence-electron chi connectivity index (χ1n) is 6.58. The van der Waals surface area contributed by atoms with Crippen molar-refractivity contribution in [2.24, 2.45) is 0 Å². The summed E-state index contributed by atoms with van der Waals surface area (Å²) in [6.45, 7) is 0. The van der Waals surface area contributed by atoms with E-state index in [0.29, 0.717) is 5.15 Å². The molecule has 2 heterocycles. The molecule has 0 saturated heterocycles. The SMILES string of the molecule is Clc1nccc2cc(-c3cnc4ccccc4n3)ccc12. The Bertz CT molecular complexity index is 966. The molecular formula is C17H10ClN3. The molecule has 0 aliphatic rings. The highest BCUT2D eigenvalue weighted by Crippen LogP contribution is 2.26. The third kappa shape index (κ3) is 2.12. The highest BCUT2D eigenvalue weighted by molar-refractivity contribution is 6.34. The molecule has 0 atom stereocenters. The van der Waals surface area contributed by atoms with Gasteiger partial charge in [0.15, 0.2) is 0 Å². The molecule has 0 saturated carbocycles. The lowest BCUT2D eigenvalue weighted by atomic mass is 10.1. The fourth-order valence-corrected chi connectivity index (χ4v) is 2.63. The normalized spacial score (nSPS) is 11.1. The second kappa shape index (κ2) is 4.79. The summed E-state index contributed by atoms with van der Waals surface area (Å²) >= 11 is 6.09. The molecule has 0 bridgehead atoms. The van der Waals surface area contributed by atoms with Crippen molar-refractivity contribution in [1.82, 2.24) is 15.0 Å². The van der Waals surface area contributed by atoms with Crippen LogP contribution in [0, 0.1) is 0 Å². The monoisotopic (exact) mass is 291 g/mol. The van der Waals surface area contributed by atoms with E-state index in [1.807, 2.05) is 42.5 Å². The molecule has 2 aromatic heterocycles. The van der Waals surface area contributed by atoms with Gasteiger partial charge in [0.25, 0.3) is 0 Å². The van der Waals surface area contributed by atoms with E-state index in [-0.39, 0.29) is 0 Å². The molecular weight excluding hydrogens is 282 g/mol. The van der Waals surface area contributed by atoms with Crippen molar-refractivity contribution in [2.75, 3.05) is 0 Å². The zero-order valence-electron chi connectivity index (χ0n) is 11.0. The molecule has 4 rings (SSSR count). The van der Waals surface area contributed by atoms with E-state index in [4.69, 9.17) is 11.6 Å². The first-order chi connectivity index (χ1) is 10.3. The van der Waals surface area contributed by atoms with Crippen LogP contribution in [0.2, 0.25) is 5.15 Å². The maximum atomic E-state index is 6.09. The third-order valence-electron chi connectivity index (χ3n) is 3.46. The van der Waals surface area contributed by atoms with E-state index in [9.17, 15) is 0 Å². The molecule has 0 aliphatic heterocycles. The summed E-state index contributed by atoms with van der Waals surface area (Å²) < 4.78 is 0. The molecule has 0 fully saturated rings. The van der Waals surface area contributed by atoms with E-state index in [2.05, 4.69) is 21.0 Å². The summed E-state index contributed by atoms with van der Waals surface area (Å²) in [7, 11) is 0. The Kier molecular flexibility index (Phi) is 2.79. The van der Waals surface area contributed by atoms with Gasteiger partial charge in [-0.15, -0.1) is 0 Å². The molecule has 0 N–H and O–H groups in total. The molecule has 21 heavy (non-hydrogen) atoms. The van der Waals surface area contributed by atoms with Gasteiger partial charge in [-0.05, 0) is 29.7 Å². The minimum absolute atomic E-state index is 0.517. The summed E-state index contributed by atoms with van der Waals surface area (Å²) in [6, 6.07) is 15.8. The largest absolute Gasteiger partial charge is 0.252 e. The van der Waals surface area contributed by atoms with Crippen molar-refractivity contribution >= 4 is 33.4 Å². The van der Waals surface area contributed by atoms with E-state index >= 15 is 0 Å². The van der Waals surface area contributed by atoms with Crippen LogP contribution in [-0.4, -0.2) is 15.0 Å². The summed E-state index contributed by atoms with van der Waals surface area (Å²) in [4.78, 5) is 13.2. The van der Waals surface area contributed by atoms with Gasteiger partial charge in [-0.25, -0.2) is 9.97 Å². The quantitative estimate of drug-likeness (QED) is 0.485. The molecule has 4 heteroatoms. The van der Waals surface area contributed by atoms with Crippen molar-refractivity contribution in [1.29, 1.82) is 0 Å². The number of pyridine rings is 1. The molecule has 100 valence electrons. The van der Waals surface area contributed by atoms with Crippen LogP contribution in [0.3, 0.4) is 0 Å². The topological polar surface area (TPSA) is 38.7 Å². The Morgan fingerprint density at radius 3 is 2.62 bits per heavy atom. The average molecular weight is 292 g/mol. The van der Waals surface area contributed by atoms with Gasteiger partial charge >= 0.3 is 0 Å². The van der Waals surface area contributed by atoms with Gasteiger partial charge in [-0.3, -0.25) is 4.98 Å². The lowest BCUT2D eigenvalue weighted by molar-refractivity contribution is 1.29. The van der Waals surface area contributed by atoms with Crippen LogP contribution in [0.25, 0.3) is 33.1 Å². The van der Waals surface area contributed by atoms with E-state index in [1.54, 1.807) is 12.4 Å². The molecule has 0 radical (unpaired) electrons. The van der Waals surface area contributed by atoms with Crippen LogP contribution in [0.1, 0.15) is 0 Å². The number of halogens is 1. The molecule has 4 aromatic rings. The highest BCUT2D eigenvalue weighted by Gasteiger charge is 2.05. The number of hydrogen-bond acceptors (Lipinski definition) is 3. The molecule has 0 aliphatic carbocycles. The Hall–Kier alpha value is -2.52. The van der Waals surface area contributed by atoms with E-state index in [0.717, 1.165) is 33.1 Å². The summed E-state index contributed by atoms with van der Waals surface area (Å²) in [6.07, 6.45) is 3.51. The minimum atomic E-state index is 0.517. The average Bonchev–Trinajstić information content (AvgIpc) is 2.54. The number of para-hydroxylation sites is 2. The number of benzene rings is 2. The molecule has 0 unspecified atom stereocenters. The van der Waals surface area contributed by atoms with Crippen LogP contribution >= 0.6 is 11.6 Å². The number of nitrogens with zero attached hydrogens (tertiary/aromatic N) is 3. The van der Waals surface area contributed by atoms with Crippen molar-refractivity contribution in [2.45, 2.75) is 0 Å². The van der Waals surface area contributed by atoms with Gasteiger partial charge in [-0.1, -0.05) is 35.9 Å². The molecule has 2 aromatic carbocycles. The van der Waals surface area contributed by atoms with Crippen molar-refractivity contribution in [3.8, 4) is 11.3 Å². The first kappa shape index (κ1) is 12.2. The predicted molar refractivity (Wildman–Crippen MR) is 85.3 cm³/mol. The van der Waals surface area contributed by atoms with Crippen LogP contribution < -0.4 is 0 Å². The second-order valence-corrected chi connectivity index (χ2v) is 5.14. The molecule has 0 spiro atoms. The van der Waals surface area contributed by atoms with Gasteiger partial charge in [0.1, 0.15) is 5.15 Å². The lowest BCUT2D eigenvalue weighted by Crippen LogP contribution is -1.89. The second-order valence-electron chi connectivity index (χ2n) is 4.78. The number of fused-ring (bicyclic) bond motifs is 2. The molecule has 3 nitrogen and oxygen atoms in total. The summed E-state index contributed by atoms with van der Waals surface area (Å²) in [5.41, 5.74) is 3.66. The van der Waals surface area contributed by atoms with Crippen molar-refractivity contribution in [3.63, 3.8) is 0 Å². The summed E-state index contributed by atoms with van der Waals surface area (Å²) in [5.74, 6) is 0. The fourth-order valence-electron chi connectivity index (χ4n) is 2.40.